The molecule has 2 bridgehead atoms. The summed E-state index contributed by atoms with van der Waals surface area (Å²) in [5.41, 5.74) is 6.99. The zero-order valence-corrected chi connectivity index (χ0v) is 15.7. The fourth-order valence-electron chi connectivity index (χ4n) is 5.33. The Bertz CT molecular complexity index is 861. The summed E-state index contributed by atoms with van der Waals surface area (Å²) in [5.74, 6) is 3.50. The lowest BCUT2D eigenvalue weighted by Gasteiger charge is -2.37. The van der Waals surface area contributed by atoms with Crippen LogP contribution in [0.5, 0.6) is 0 Å². The standard InChI is InChI=1S/C21H27N5O/c22-20-16-3-1-2-4-18(16)23-19(24-20)13-25-7-9-26(10-8-25)21(27)17-12-14-5-6-15(17)11-14/h1-4,14-15,17H,5-13H2,(H2,22,23,24). The molecule has 6 heteroatoms. The first-order valence-corrected chi connectivity index (χ1v) is 10.2. The van der Waals surface area contributed by atoms with Gasteiger partial charge in [0.15, 0.2) is 0 Å². The number of carbonyl (C=O) groups is 1. The van der Waals surface area contributed by atoms with Crippen molar-refractivity contribution in [2.75, 3.05) is 31.9 Å². The molecule has 1 aromatic heterocycles. The van der Waals surface area contributed by atoms with Crippen LogP contribution in [-0.2, 0) is 11.3 Å². The number of piperazine rings is 1. The molecule has 5 rings (SSSR count). The normalized spacial score (nSPS) is 28.1. The van der Waals surface area contributed by atoms with Crippen LogP contribution in [0.2, 0.25) is 0 Å². The molecule has 3 atom stereocenters. The van der Waals surface area contributed by atoms with Gasteiger partial charge in [-0.15, -0.1) is 0 Å². The van der Waals surface area contributed by atoms with Gasteiger partial charge in [0.05, 0.1) is 12.1 Å². The Balaban J connectivity index is 1.20. The summed E-state index contributed by atoms with van der Waals surface area (Å²) in [6.07, 6.45) is 5.03. The number of fused-ring (bicyclic) bond motifs is 3. The molecule has 2 heterocycles. The summed E-state index contributed by atoms with van der Waals surface area (Å²) in [6.45, 7) is 4.07. The lowest BCUT2D eigenvalue weighted by atomic mass is 9.87. The number of nitrogens with zero attached hydrogens (tertiary/aromatic N) is 4. The van der Waals surface area contributed by atoms with Crippen LogP contribution >= 0.6 is 0 Å². The topological polar surface area (TPSA) is 75.3 Å². The van der Waals surface area contributed by atoms with Crippen molar-refractivity contribution in [3.05, 3.63) is 30.1 Å². The Kier molecular flexibility index (Phi) is 4.23. The molecule has 6 nitrogen and oxygen atoms in total. The van der Waals surface area contributed by atoms with E-state index in [1.165, 1.54) is 19.3 Å². The highest BCUT2D eigenvalue weighted by atomic mass is 16.2. The summed E-state index contributed by atoms with van der Waals surface area (Å²) in [6, 6.07) is 7.85. The molecular weight excluding hydrogens is 338 g/mol. The van der Waals surface area contributed by atoms with E-state index in [9.17, 15) is 4.79 Å². The van der Waals surface area contributed by atoms with Crippen LogP contribution in [0.3, 0.4) is 0 Å². The van der Waals surface area contributed by atoms with Gasteiger partial charge in [0.1, 0.15) is 11.6 Å². The Morgan fingerprint density at radius 3 is 2.63 bits per heavy atom. The summed E-state index contributed by atoms with van der Waals surface area (Å²) in [7, 11) is 0. The molecular formula is C21H27N5O. The molecule has 2 saturated carbocycles. The van der Waals surface area contributed by atoms with E-state index in [1.54, 1.807) is 0 Å². The maximum Gasteiger partial charge on any atom is 0.226 e. The van der Waals surface area contributed by atoms with Gasteiger partial charge in [0, 0.05) is 37.5 Å². The highest BCUT2D eigenvalue weighted by Gasteiger charge is 2.44. The molecule has 0 radical (unpaired) electrons. The SMILES string of the molecule is Nc1nc(CN2CCN(C(=O)C3CC4CCC3C4)CC2)nc2ccccc12. The van der Waals surface area contributed by atoms with Crippen LogP contribution in [0.4, 0.5) is 5.82 Å². The predicted molar refractivity (Wildman–Crippen MR) is 105 cm³/mol. The fourth-order valence-corrected chi connectivity index (χ4v) is 5.33. The van der Waals surface area contributed by atoms with Crippen molar-refractivity contribution in [1.29, 1.82) is 0 Å². The van der Waals surface area contributed by atoms with Crippen LogP contribution in [0.25, 0.3) is 10.9 Å². The maximum atomic E-state index is 12.9. The number of rotatable bonds is 3. The minimum absolute atomic E-state index is 0.305. The van der Waals surface area contributed by atoms with E-state index in [-0.39, 0.29) is 0 Å². The number of nitrogens with two attached hydrogens (primary N) is 1. The molecule has 1 saturated heterocycles. The van der Waals surface area contributed by atoms with Crippen LogP contribution < -0.4 is 5.73 Å². The van der Waals surface area contributed by atoms with E-state index in [1.807, 2.05) is 24.3 Å². The van der Waals surface area contributed by atoms with Gasteiger partial charge in [0.25, 0.3) is 0 Å². The van der Waals surface area contributed by atoms with Gasteiger partial charge in [-0.25, -0.2) is 9.97 Å². The zero-order valence-electron chi connectivity index (χ0n) is 15.7. The molecule has 0 spiro atoms. The predicted octanol–water partition coefficient (Wildman–Crippen LogP) is 2.29. The minimum Gasteiger partial charge on any atom is -0.383 e. The van der Waals surface area contributed by atoms with E-state index in [0.717, 1.165) is 55.2 Å². The minimum atomic E-state index is 0.305. The molecule has 3 unspecified atom stereocenters. The van der Waals surface area contributed by atoms with Gasteiger partial charge in [-0.2, -0.15) is 0 Å². The number of hydrogen-bond acceptors (Lipinski definition) is 5. The second-order valence-corrected chi connectivity index (χ2v) is 8.43. The first-order chi connectivity index (χ1) is 13.2. The summed E-state index contributed by atoms with van der Waals surface area (Å²) >= 11 is 0. The third kappa shape index (κ3) is 3.16. The molecule has 27 heavy (non-hydrogen) atoms. The maximum absolute atomic E-state index is 12.9. The van der Waals surface area contributed by atoms with Gasteiger partial charge in [-0.05, 0) is 43.2 Å². The van der Waals surface area contributed by atoms with E-state index in [0.29, 0.717) is 30.1 Å². The summed E-state index contributed by atoms with van der Waals surface area (Å²) in [5, 5.41) is 0.905. The molecule has 1 amide bonds. The monoisotopic (exact) mass is 365 g/mol. The van der Waals surface area contributed by atoms with Crippen molar-refractivity contribution in [3.8, 4) is 0 Å². The van der Waals surface area contributed by atoms with Crippen LogP contribution in [0, 0.1) is 17.8 Å². The van der Waals surface area contributed by atoms with Crippen molar-refractivity contribution in [2.45, 2.75) is 32.2 Å². The molecule has 1 aromatic carbocycles. The third-order valence-corrected chi connectivity index (χ3v) is 6.78. The number of benzene rings is 1. The molecule has 2 N–H and O–H groups in total. The van der Waals surface area contributed by atoms with Crippen molar-refractivity contribution in [2.24, 2.45) is 17.8 Å². The number of para-hydroxylation sites is 1. The number of amides is 1. The van der Waals surface area contributed by atoms with Gasteiger partial charge in [-0.1, -0.05) is 18.6 Å². The van der Waals surface area contributed by atoms with Gasteiger partial charge in [-0.3, -0.25) is 9.69 Å². The zero-order chi connectivity index (χ0) is 18.4. The Morgan fingerprint density at radius 1 is 1.07 bits per heavy atom. The average molecular weight is 365 g/mol. The Labute approximate surface area is 159 Å². The fraction of sp³-hybridized carbons (Fsp3) is 0.571. The summed E-state index contributed by atoms with van der Waals surface area (Å²) < 4.78 is 0. The molecule has 1 aliphatic heterocycles. The molecule has 3 fully saturated rings. The largest absolute Gasteiger partial charge is 0.383 e. The van der Waals surface area contributed by atoms with E-state index < -0.39 is 0 Å². The highest BCUT2D eigenvalue weighted by Crippen LogP contribution is 2.48. The van der Waals surface area contributed by atoms with E-state index in [2.05, 4.69) is 19.8 Å². The lowest BCUT2D eigenvalue weighted by molar-refractivity contribution is -0.139. The summed E-state index contributed by atoms with van der Waals surface area (Å²) in [4.78, 5) is 26.5. The molecule has 2 aromatic rings. The van der Waals surface area contributed by atoms with E-state index in [4.69, 9.17) is 5.73 Å². The quantitative estimate of drug-likeness (QED) is 0.903. The number of carbonyl (C=O) groups excluding carboxylic acids is 1. The first kappa shape index (κ1) is 16.9. The van der Waals surface area contributed by atoms with Crippen molar-refractivity contribution in [3.63, 3.8) is 0 Å². The molecule has 142 valence electrons. The number of anilines is 1. The van der Waals surface area contributed by atoms with Gasteiger partial charge < -0.3 is 10.6 Å². The van der Waals surface area contributed by atoms with Gasteiger partial charge >= 0.3 is 0 Å². The number of aromatic nitrogens is 2. The average Bonchev–Trinajstić information content (AvgIpc) is 3.32. The number of nitrogen functional groups attached to an aromatic ring is 1. The second-order valence-electron chi connectivity index (χ2n) is 8.43. The third-order valence-electron chi connectivity index (χ3n) is 6.78. The smallest absolute Gasteiger partial charge is 0.226 e. The number of hydrogen-bond donors (Lipinski definition) is 1. The van der Waals surface area contributed by atoms with E-state index >= 15 is 0 Å². The molecule has 2 aliphatic carbocycles. The van der Waals surface area contributed by atoms with Crippen LogP contribution in [0.1, 0.15) is 31.5 Å². The highest BCUT2D eigenvalue weighted by molar-refractivity contribution is 5.87. The van der Waals surface area contributed by atoms with Gasteiger partial charge in [0.2, 0.25) is 5.91 Å². The van der Waals surface area contributed by atoms with Crippen LogP contribution in [-0.4, -0.2) is 51.9 Å². The van der Waals surface area contributed by atoms with Crippen molar-refractivity contribution < 1.29 is 4.79 Å². The molecule has 3 aliphatic rings. The van der Waals surface area contributed by atoms with Crippen molar-refractivity contribution >= 4 is 22.6 Å². The van der Waals surface area contributed by atoms with Crippen molar-refractivity contribution in [1.82, 2.24) is 19.8 Å². The Hall–Kier alpha value is -2.21. The first-order valence-electron chi connectivity index (χ1n) is 10.2. The second kappa shape index (κ2) is 6.75. The Morgan fingerprint density at radius 2 is 1.89 bits per heavy atom. The lowest BCUT2D eigenvalue weighted by Crippen LogP contribution is -2.50. The van der Waals surface area contributed by atoms with Crippen LogP contribution in [0.15, 0.2) is 24.3 Å².